The monoisotopic (exact) mass is 392 g/mol. The van der Waals surface area contributed by atoms with Crippen molar-refractivity contribution in [1.82, 2.24) is 5.01 Å². The molecule has 148 valence electrons. The summed E-state index contributed by atoms with van der Waals surface area (Å²) < 4.78 is -1.39. The SMILES string of the molecule is O=C(O)C1C=C[N+]([O-])(N2C(=O)c3ccccc3C2=O)C1CCCc1ccccc1. The molecule has 29 heavy (non-hydrogen) atoms. The fraction of sp³-hybridized carbons (Fsp3) is 0.227. The van der Waals surface area contributed by atoms with Gasteiger partial charge in [0.05, 0.1) is 11.1 Å². The normalized spacial score (nSPS) is 25.5. The van der Waals surface area contributed by atoms with E-state index in [1.165, 1.54) is 18.2 Å². The van der Waals surface area contributed by atoms with E-state index in [1.807, 2.05) is 30.3 Å². The van der Waals surface area contributed by atoms with Crippen LogP contribution in [0.2, 0.25) is 0 Å². The fourth-order valence-electron chi connectivity index (χ4n) is 4.13. The third-order valence-corrected chi connectivity index (χ3v) is 5.58. The number of carboxylic acid groups (broad SMARTS) is 1. The Bertz CT molecular complexity index is 968. The third-order valence-electron chi connectivity index (χ3n) is 5.58. The molecule has 0 fully saturated rings. The highest BCUT2D eigenvalue weighted by atomic mass is 16.6. The lowest BCUT2D eigenvalue weighted by Gasteiger charge is -2.46. The quantitative estimate of drug-likeness (QED) is 0.463. The number of nitrogens with zero attached hydrogens (tertiary/aromatic N) is 2. The first-order valence-electron chi connectivity index (χ1n) is 9.47. The summed E-state index contributed by atoms with van der Waals surface area (Å²) >= 11 is 0. The Balaban J connectivity index is 1.60. The Morgan fingerprint density at radius 3 is 2.17 bits per heavy atom. The van der Waals surface area contributed by atoms with E-state index in [1.54, 1.807) is 12.1 Å². The van der Waals surface area contributed by atoms with Gasteiger partial charge in [-0.3, -0.25) is 14.4 Å². The van der Waals surface area contributed by atoms with Gasteiger partial charge in [0.2, 0.25) is 0 Å². The van der Waals surface area contributed by atoms with Crippen molar-refractivity contribution >= 4 is 17.8 Å². The molecule has 2 aromatic carbocycles. The number of rotatable bonds is 6. The van der Waals surface area contributed by atoms with Crippen LogP contribution in [-0.2, 0) is 11.2 Å². The minimum Gasteiger partial charge on any atom is -0.601 e. The van der Waals surface area contributed by atoms with E-state index < -0.39 is 34.5 Å². The zero-order chi connectivity index (χ0) is 20.6. The molecule has 3 atom stereocenters. The van der Waals surface area contributed by atoms with Gasteiger partial charge in [-0.25, -0.2) is 4.76 Å². The lowest BCUT2D eigenvalue weighted by molar-refractivity contribution is -0.941. The Morgan fingerprint density at radius 2 is 1.59 bits per heavy atom. The number of aliphatic carboxylic acids is 1. The average Bonchev–Trinajstić information content (AvgIpc) is 3.18. The van der Waals surface area contributed by atoms with Gasteiger partial charge < -0.3 is 10.3 Å². The standard InChI is InChI=1S/C22H20N2O5/c25-20-16-10-4-5-11-17(16)21(26)23(20)24(29)14-13-18(22(27)28)19(24)12-6-9-15-7-2-1-3-8-15/h1-5,7-8,10-11,13-14,18-19H,6,9,12H2,(H,27,28). The van der Waals surface area contributed by atoms with Crippen LogP contribution in [0, 0.1) is 11.1 Å². The first kappa shape index (κ1) is 19.0. The molecule has 7 nitrogen and oxygen atoms in total. The van der Waals surface area contributed by atoms with Crippen LogP contribution in [0.3, 0.4) is 0 Å². The number of imide groups is 1. The Labute approximate surface area is 167 Å². The summed E-state index contributed by atoms with van der Waals surface area (Å²) in [7, 11) is 0. The molecule has 0 aromatic heterocycles. The van der Waals surface area contributed by atoms with Crippen molar-refractivity contribution in [2.24, 2.45) is 5.92 Å². The molecule has 0 spiro atoms. The largest absolute Gasteiger partial charge is 0.601 e. The van der Waals surface area contributed by atoms with E-state index in [2.05, 4.69) is 0 Å². The molecule has 0 saturated carbocycles. The second kappa shape index (κ2) is 7.27. The van der Waals surface area contributed by atoms with Gasteiger partial charge in [0.25, 0.3) is 0 Å². The molecule has 0 radical (unpaired) electrons. The molecule has 7 heteroatoms. The summed E-state index contributed by atoms with van der Waals surface area (Å²) in [6.45, 7) is 0. The Hall–Kier alpha value is -3.29. The van der Waals surface area contributed by atoms with Gasteiger partial charge in [0.15, 0.2) is 0 Å². The number of amides is 2. The zero-order valence-corrected chi connectivity index (χ0v) is 15.6. The maximum absolute atomic E-state index is 13.8. The highest BCUT2D eigenvalue weighted by Crippen LogP contribution is 2.39. The van der Waals surface area contributed by atoms with E-state index in [0.29, 0.717) is 17.9 Å². The number of carboxylic acids is 1. The molecule has 4 rings (SSSR count). The minimum atomic E-state index is -1.39. The van der Waals surface area contributed by atoms with Crippen LogP contribution in [0.5, 0.6) is 0 Å². The lowest BCUT2D eigenvalue weighted by Crippen LogP contribution is -2.60. The highest BCUT2D eigenvalue weighted by molar-refractivity contribution is 6.20. The first-order valence-corrected chi connectivity index (χ1v) is 9.47. The van der Waals surface area contributed by atoms with Gasteiger partial charge in [-0.05, 0) is 36.6 Å². The smallest absolute Gasteiger partial charge is 0.316 e. The molecule has 0 bridgehead atoms. The molecule has 0 aliphatic carbocycles. The Morgan fingerprint density at radius 1 is 1.00 bits per heavy atom. The zero-order valence-electron chi connectivity index (χ0n) is 15.6. The highest BCUT2D eigenvalue weighted by Gasteiger charge is 2.54. The van der Waals surface area contributed by atoms with Crippen LogP contribution in [0.4, 0.5) is 0 Å². The summed E-state index contributed by atoms with van der Waals surface area (Å²) in [6, 6.07) is 14.9. The molecule has 2 amide bonds. The molecule has 2 aliphatic rings. The van der Waals surface area contributed by atoms with E-state index in [-0.39, 0.29) is 17.5 Å². The molecule has 0 saturated heterocycles. The van der Waals surface area contributed by atoms with Crippen LogP contribution in [-0.4, -0.2) is 38.7 Å². The molecule has 1 N–H and O–H groups in total. The molecule has 2 heterocycles. The van der Waals surface area contributed by atoms with Crippen LogP contribution in [0.25, 0.3) is 0 Å². The molecule has 2 aliphatic heterocycles. The number of hydrogen-bond acceptors (Lipinski definition) is 4. The number of fused-ring (bicyclic) bond motifs is 1. The van der Waals surface area contributed by atoms with Crippen molar-refractivity contribution in [3.05, 3.63) is 88.8 Å². The van der Waals surface area contributed by atoms with Gasteiger partial charge >= 0.3 is 17.8 Å². The van der Waals surface area contributed by atoms with E-state index in [0.717, 1.165) is 11.8 Å². The van der Waals surface area contributed by atoms with Crippen molar-refractivity contribution in [1.29, 1.82) is 0 Å². The molecule has 3 unspecified atom stereocenters. The fourth-order valence-corrected chi connectivity index (χ4v) is 4.13. The van der Waals surface area contributed by atoms with Crippen molar-refractivity contribution in [3.8, 4) is 0 Å². The summed E-state index contributed by atoms with van der Waals surface area (Å²) in [4.78, 5) is 37.4. The number of carbonyl (C=O) groups excluding carboxylic acids is 2. The third kappa shape index (κ3) is 3.14. The predicted molar refractivity (Wildman–Crippen MR) is 104 cm³/mol. The van der Waals surface area contributed by atoms with Gasteiger partial charge in [-0.2, -0.15) is 0 Å². The number of aryl methyl sites for hydroxylation is 1. The molecular formula is C22H20N2O5. The van der Waals surface area contributed by atoms with Crippen LogP contribution < -0.4 is 0 Å². The van der Waals surface area contributed by atoms with Gasteiger partial charge in [-0.15, -0.1) is 5.01 Å². The Kier molecular flexibility index (Phi) is 4.77. The topological polar surface area (TPSA) is 97.7 Å². The van der Waals surface area contributed by atoms with E-state index in [4.69, 9.17) is 0 Å². The number of carbonyl (C=O) groups is 3. The first-order chi connectivity index (χ1) is 13.9. The van der Waals surface area contributed by atoms with Crippen LogP contribution in [0.15, 0.2) is 66.9 Å². The summed E-state index contributed by atoms with van der Waals surface area (Å²) in [5.41, 5.74) is 1.41. The van der Waals surface area contributed by atoms with Crippen LogP contribution >= 0.6 is 0 Å². The number of hydroxylamine groups is 2. The van der Waals surface area contributed by atoms with E-state index >= 15 is 0 Å². The van der Waals surface area contributed by atoms with Gasteiger partial charge in [0.1, 0.15) is 18.2 Å². The number of hydrogen-bond donors (Lipinski definition) is 1. The number of benzene rings is 2. The van der Waals surface area contributed by atoms with Crippen LogP contribution in [0.1, 0.15) is 39.1 Å². The summed E-state index contributed by atoms with van der Waals surface area (Å²) in [5.74, 6) is -3.58. The maximum Gasteiger partial charge on any atom is 0.316 e. The van der Waals surface area contributed by atoms with Crippen molar-refractivity contribution in [2.75, 3.05) is 0 Å². The summed E-state index contributed by atoms with van der Waals surface area (Å²) in [5, 5.41) is 24.0. The van der Waals surface area contributed by atoms with Crippen molar-refractivity contribution in [3.63, 3.8) is 0 Å². The lowest BCUT2D eigenvalue weighted by atomic mass is 9.95. The molecular weight excluding hydrogens is 372 g/mol. The van der Waals surface area contributed by atoms with Gasteiger partial charge in [0, 0.05) is 6.42 Å². The number of quaternary nitrogens is 1. The van der Waals surface area contributed by atoms with Gasteiger partial charge in [-0.1, -0.05) is 42.5 Å². The minimum absolute atomic E-state index is 0.168. The van der Waals surface area contributed by atoms with E-state index in [9.17, 15) is 24.7 Å². The van der Waals surface area contributed by atoms with Crippen molar-refractivity contribution in [2.45, 2.75) is 25.3 Å². The average molecular weight is 392 g/mol. The maximum atomic E-state index is 13.8. The second-order valence-electron chi connectivity index (χ2n) is 7.29. The molecule has 2 aromatic rings. The predicted octanol–water partition coefficient (Wildman–Crippen LogP) is 3.13. The second-order valence-corrected chi connectivity index (χ2v) is 7.29. The summed E-state index contributed by atoms with van der Waals surface area (Å²) in [6.07, 6.45) is 3.91. The van der Waals surface area contributed by atoms with Crippen molar-refractivity contribution < 1.29 is 24.2 Å².